The number of rotatable bonds is 6. The van der Waals surface area contributed by atoms with Gasteiger partial charge in [0.1, 0.15) is 5.01 Å². The van der Waals surface area contributed by atoms with Crippen molar-refractivity contribution < 1.29 is 0 Å². The molecule has 2 unspecified atom stereocenters. The standard InChI is InChI=1S/C14H26N2S/c1-6-11(5)8-14(15,7-2)13-16-12(9-17-13)10(3)4/h9-11H,6-8,15H2,1-5H3. The normalized spacial score (nSPS) is 17.1. The third-order valence-electron chi connectivity index (χ3n) is 3.58. The lowest BCUT2D eigenvalue weighted by Crippen LogP contribution is -2.37. The number of aromatic nitrogens is 1. The third-order valence-corrected chi connectivity index (χ3v) is 4.66. The van der Waals surface area contributed by atoms with Crippen LogP contribution in [0.2, 0.25) is 0 Å². The van der Waals surface area contributed by atoms with Gasteiger partial charge in [-0.25, -0.2) is 4.98 Å². The summed E-state index contributed by atoms with van der Waals surface area (Å²) in [4.78, 5) is 4.73. The largest absolute Gasteiger partial charge is 0.319 e. The van der Waals surface area contributed by atoms with E-state index in [0.29, 0.717) is 11.8 Å². The first-order valence-corrected chi connectivity index (χ1v) is 7.55. The molecule has 0 saturated carbocycles. The summed E-state index contributed by atoms with van der Waals surface area (Å²) in [5.74, 6) is 1.15. The van der Waals surface area contributed by atoms with Gasteiger partial charge in [-0.1, -0.05) is 41.0 Å². The fourth-order valence-electron chi connectivity index (χ4n) is 1.93. The molecule has 2 atom stereocenters. The average molecular weight is 254 g/mol. The zero-order chi connectivity index (χ0) is 13.1. The Hall–Kier alpha value is -0.410. The molecule has 0 aliphatic heterocycles. The lowest BCUT2D eigenvalue weighted by Gasteiger charge is -2.28. The highest BCUT2D eigenvalue weighted by Gasteiger charge is 2.30. The molecular formula is C14H26N2S. The molecule has 2 nitrogen and oxygen atoms in total. The molecule has 0 aliphatic carbocycles. The molecule has 1 rings (SSSR count). The summed E-state index contributed by atoms with van der Waals surface area (Å²) in [6, 6.07) is 0. The molecule has 0 aromatic carbocycles. The second-order valence-electron chi connectivity index (χ2n) is 5.46. The minimum Gasteiger partial charge on any atom is -0.319 e. The zero-order valence-electron chi connectivity index (χ0n) is 11.8. The third kappa shape index (κ3) is 3.52. The van der Waals surface area contributed by atoms with Gasteiger partial charge in [0.25, 0.3) is 0 Å². The summed E-state index contributed by atoms with van der Waals surface area (Å²) in [7, 11) is 0. The number of thiazole rings is 1. The lowest BCUT2D eigenvalue weighted by atomic mass is 9.86. The molecule has 0 saturated heterocycles. The first-order chi connectivity index (χ1) is 7.92. The van der Waals surface area contributed by atoms with E-state index in [2.05, 4.69) is 40.0 Å². The van der Waals surface area contributed by atoms with E-state index < -0.39 is 0 Å². The summed E-state index contributed by atoms with van der Waals surface area (Å²) >= 11 is 1.73. The summed E-state index contributed by atoms with van der Waals surface area (Å²) in [5, 5.41) is 3.28. The smallest absolute Gasteiger partial charge is 0.113 e. The minimum atomic E-state index is -0.229. The van der Waals surface area contributed by atoms with Crippen LogP contribution in [-0.4, -0.2) is 4.98 Å². The molecule has 98 valence electrons. The van der Waals surface area contributed by atoms with Gasteiger partial charge in [0.2, 0.25) is 0 Å². The van der Waals surface area contributed by atoms with Crippen LogP contribution in [0.1, 0.15) is 70.5 Å². The maximum absolute atomic E-state index is 6.56. The predicted molar refractivity (Wildman–Crippen MR) is 76.4 cm³/mol. The number of hydrogen-bond acceptors (Lipinski definition) is 3. The number of nitrogens with two attached hydrogens (primary N) is 1. The van der Waals surface area contributed by atoms with Crippen molar-refractivity contribution in [3.05, 3.63) is 16.1 Å². The first-order valence-electron chi connectivity index (χ1n) is 6.67. The van der Waals surface area contributed by atoms with Gasteiger partial charge >= 0.3 is 0 Å². The SMILES string of the molecule is CCC(C)CC(N)(CC)c1nc(C(C)C)cs1. The maximum atomic E-state index is 6.56. The van der Waals surface area contributed by atoms with E-state index in [4.69, 9.17) is 10.7 Å². The molecule has 0 radical (unpaired) electrons. The van der Waals surface area contributed by atoms with Gasteiger partial charge in [-0.05, 0) is 24.7 Å². The monoisotopic (exact) mass is 254 g/mol. The lowest BCUT2D eigenvalue weighted by molar-refractivity contribution is 0.318. The Morgan fingerprint density at radius 1 is 1.35 bits per heavy atom. The Balaban J connectivity index is 2.90. The average Bonchev–Trinajstić information content (AvgIpc) is 2.78. The second-order valence-corrected chi connectivity index (χ2v) is 6.32. The molecule has 0 amide bonds. The van der Waals surface area contributed by atoms with Crippen LogP contribution < -0.4 is 5.73 Å². The molecule has 0 bridgehead atoms. The van der Waals surface area contributed by atoms with Crippen LogP contribution in [0, 0.1) is 5.92 Å². The van der Waals surface area contributed by atoms with Crippen molar-refractivity contribution in [2.75, 3.05) is 0 Å². The molecular weight excluding hydrogens is 228 g/mol. The molecule has 0 fully saturated rings. The van der Waals surface area contributed by atoms with Gasteiger partial charge in [0.05, 0.1) is 11.2 Å². The highest BCUT2D eigenvalue weighted by Crippen LogP contribution is 2.33. The minimum absolute atomic E-state index is 0.229. The van der Waals surface area contributed by atoms with Crippen LogP contribution in [0.4, 0.5) is 0 Å². The summed E-state index contributed by atoms with van der Waals surface area (Å²) < 4.78 is 0. The second kappa shape index (κ2) is 5.96. The topological polar surface area (TPSA) is 38.9 Å². The van der Waals surface area contributed by atoms with E-state index in [1.807, 2.05) is 0 Å². The van der Waals surface area contributed by atoms with Gasteiger partial charge in [-0.15, -0.1) is 11.3 Å². The quantitative estimate of drug-likeness (QED) is 0.823. The van der Waals surface area contributed by atoms with Crippen molar-refractivity contribution in [3.8, 4) is 0 Å². The van der Waals surface area contributed by atoms with E-state index in [0.717, 1.165) is 17.8 Å². The predicted octanol–water partition coefficient (Wildman–Crippen LogP) is 4.27. The van der Waals surface area contributed by atoms with Crippen molar-refractivity contribution in [1.29, 1.82) is 0 Å². The van der Waals surface area contributed by atoms with Crippen molar-refractivity contribution >= 4 is 11.3 Å². The van der Waals surface area contributed by atoms with E-state index in [1.165, 1.54) is 12.1 Å². The van der Waals surface area contributed by atoms with Crippen LogP contribution >= 0.6 is 11.3 Å². The Morgan fingerprint density at radius 3 is 2.41 bits per heavy atom. The van der Waals surface area contributed by atoms with Gasteiger partial charge in [-0.2, -0.15) is 0 Å². The van der Waals surface area contributed by atoms with Crippen LogP contribution in [0.3, 0.4) is 0 Å². The summed E-state index contributed by atoms with van der Waals surface area (Å²) in [5.41, 5.74) is 7.51. The van der Waals surface area contributed by atoms with Gasteiger partial charge in [0, 0.05) is 5.38 Å². The zero-order valence-corrected chi connectivity index (χ0v) is 12.6. The summed E-state index contributed by atoms with van der Waals surface area (Å²) in [6.45, 7) is 11.0. The number of nitrogens with zero attached hydrogens (tertiary/aromatic N) is 1. The van der Waals surface area contributed by atoms with E-state index in [1.54, 1.807) is 11.3 Å². The van der Waals surface area contributed by atoms with E-state index in [9.17, 15) is 0 Å². The molecule has 1 aromatic heterocycles. The van der Waals surface area contributed by atoms with E-state index >= 15 is 0 Å². The van der Waals surface area contributed by atoms with Crippen molar-refractivity contribution in [1.82, 2.24) is 4.98 Å². The van der Waals surface area contributed by atoms with Crippen LogP contribution in [0.25, 0.3) is 0 Å². The Kier molecular flexibility index (Phi) is 5.14. The van der Waals surface area contributed by atoms with Crippen molar-refractivity contribution in [3.63, 3.8) is 0 Å². The van der Waals surface area contributed by atoms with E-state index in [-0.39, 0.29) is 5.54 Å². The molecule has 3 heteroatoms. The first kappa shape index (κ1) is 14.7. The Morgan fingerprint density at radius 2 is 2.00 bits per heavy atom. The molecule has 2 N–H and O–H groups in total. The fraction of sp³-hybridized carbons (Fsp3) is 0.786. The van der Waals surface area contributed by atoms with Gasteiger partial charge in [0.15, 0.2) is 0 Å². The molecule has 0 spiro atoms. The maximum Gasteiger partial charge on any atom is 0.113 e. The Bertz CT molecular complexity index is 346. The Labute approximate surface area is 110 Å². The van der Waals surface area contributed by atoms with Gasteiger partial charge in [-0.3, -0.25) is 0 Å². The van der Waals surface area contributed by atoms with Crippen LogP contribution in [0.15, 0.2) is 5.38 Å². The van der Waals surface area contributed by atoms with Crippen LogP contribution in [0.5, 0.6) is 0 Å². The highest BCUT2D eigenvalue weighted by atomic mass is 32.1. The molecule has 0 aliphatic rings. The van der Waals surface area contributed by atoms with Crippen molar-refractivity contribution in [2.24, 2.45) is 11.7 Å². The summed E-state index contributed by atoms with van der Waals surface area (Å²) in [6.07, 6.45) is 3.18. The molecule has 1 aromatic rings. The van der Waals surface area contributed by atoms with Crippen LogP contribution in [-0.2, 0) is 5.54 Å². The fourth-order valence-corrected chi connectivity index (χ4v) is 3.11. The van der Waals surface area contributed by atoms with Gasteiger partial charge < -0.3 is 5.73 Å². The van der Waals surface area contributed by atoms with Crippen molar-refractivity contribution in [2.45, 2.75) is 65.3 Å². The molecule has 17 heavy (non-hydrogen) atoms. The molecule has 1 heterocycles. The highest BCUT2D eigenvalue weighted by molar-refractivity contribution is 7.09. The number of hydrogen-bond donors (Lipinski definition) is 1.